The number of hydrogen-bond donors (Lipinski definition) is 2. The molecule has 0 spiro atoms. The molecule has 0 aliphatic carbocycles. The van der Waals surface area contributed by atoms with Gasteiger partial charge in [-0.3, -0.25) is 9.59 Å². The summed E-state index contributed by atoms with van der Waals surface area (Å²) in [6, 6.07) is 9.82. The van der Waals surface area contributed by atoms with Gasteiger partial charge in [0.15, 0.2) is 11.5 Å². The molecule has 0 aromatic heterocycles. The van der Waals surface area contributed by atoms with Gasteiger partial charge < -0.3 is 24.8 Å². The number of ether oxygens (including phenoxy) is 3. The van der Waals surface area contributed by atoms with E-state index < -0.39 is 0 Å². The van der Waals surface area contributed by atoms with Gasteiger partial charge in [0.05, 0.1) is 21.3 Å². The number of hydrogen-bond acceptors (Lipinski definition) is 5. The molecule has 2 amide bonds. The molecule has 2 aromatic rings. The Morgan fingerprint density at radius 1 is 0.885 bits per heavy atom. The Bertz CT molecular complexity index is 779. The van der Waals surface area contributed by atoms with Gasteiger partial charge in [0, 0.05) is 23.4 Å². The summed E-state index contributed by atoms with van der Waals surface area (Å²) in [7, 11) is 4.45. The van der Waals surface area contributed by atoms with Crippen molar-refractivity contribution in [3.05, 3.63) is 47.5 Å². The molecular formula is C19H22N2O5. The number of methoxy groups -OCH3 is 3. The first kappa shape index (κ1) is 19.1. The maximum Gasteiger partial charge on any atom is 0.255 e. The lowest BCUT2D eigenvalue weighted by molar-refractivity contribution is 0.0954. The van der Waals surface area contributed by atoms with E-state index >= 15 is 0 Å². The van der Waals surface area contributed by atoms with Gasteiger partial charge in [-0.1, -0.05) is 6.07 Å². The molecule has 0 unspecified atom stereocenters. The number of rotatable bonds is 7. The van der Waals surface area contributed by atoms with Crippen molar-refractivity contribution < 1.29 is 23.8 Å². The fourth-order valence-electron chi connectivity index (χ4n) is 2.42. The first-order valence-electron chi connectivity index (χ1n) is 8.03. The molecule has 0 saturated heterocycles. The summed E-state index contributed by atoms with van der Waals surface area (Å²) in [6.07, 6.45) is 0. The van der Waals surface area contributed by atoms with E-state index in [-0.39, 0.29) is 11.8 Å². The van der Waals surface area contributed by atoms with Crippen molar-refractivity contribution in [2.75, 3.05) is 33.2 Å². The second-order valence-electron chi connectivity index (χ2n) is 5.31. The van der Waals surface area contributed by atoms with Gasteiger partial charge in [0.2, 0.25) is 5.75 Å². The van der Waals surface area contributed by atoms with Gasteiger partial charge in [-0.05, 0) is 37.3 Å². The molecule has 0 radical (unpaired) electrons. The molecule has 2 aromatic carbocycles. The zero-order valence-electron chi connectivity index (χ0n) is 15.2. The highest BCUT2D eigenvalue weighted by atomic mass is 16.5. The van der Waals surface area contributed by atoms with Crippen LogP contribution in [0.2, 0.25) is 0 Å². The minimum absolute atomic E-state index is 0.198. The summed E-state index contributed by atoms with van der Waals surface area (Å²) < 4.78 is 15.8. The van der Waals surface area contributed by atoms with E-state index in [9.17, 15) is 9.59 Å². The molecule has 0 aliphatic heterocycles. The van der Waals surface area contributed by atoms with Gasteiger partial charge >= 0.3 is 0 Å². The molecule has 0 bridgehead atoms. The van der Waals surface area contributed by atoms with Crippen molar-refractivity contribution >= 4 is 17.5 Å². The molecule has 0 fully saturated rings. The van der Waals surface area contributed by atoms with E-state index in [0.29, 0.717) is 40.6 Å². The van der Waals surface area contributed by atoms with Crippen LogP contribution >= 0.6 is 0 Å². The summed E-state index contributed by atoms with van der Waals surface area (Å²) in [5, 5.41) is 5.48. The van der Waals surface area contributed by atoms with E-state index in [1.165, 1.54) is 21.3 Å². The van der Waals surface area contributed by atoms with E-state index in [4.69, 9.17) is 14.2 Å². The maximum absolute atomic E-state index is 12.6. The third-order valence-electron chi connectivity index (χ3n) is 3.65. The molecule has 2 N–H and O–H groups in total. The van der Waals surface area contributed by atoms with Crippen molar-refractivity contribution in [3.63, 3.8) is 0 Å². The van der Waals surface area contributed by atoms with Gasteiger partial charge in [-0.25, -0.2) is 0 Å². The minimum atomic E-state index is -0.364. The quantitative estimate of drug-likeness (QED) is 0.795. The zero-order chi connectivity index (χ0) is 19.1. The molecule has 7 nitrogen and oxygen atoms in total. The molecule has 0 aliphatic rings. The van der Waals surface area contributed by atoms with Crippen LogP contribution in [0.4, 0.5) is 5.69 Å². The predicted molar refractivity (Wildman–Crippen MR) is 98.5 cm³/mol. The molecule has 2 rings (SSSR count). The SMILES string of the molecule is CCNC(=O)c1cccc(NC(=O)c2cc(OC)c(OC)c(OC)c2)c1. The Balaban J connectivity index is 2.28. The molecule has 0 atom stereocenters. The van der Waals surface area contributed by atoms with E-state index in [2.05, 4.69) is 10.6 Å². The standard InChI is InChI=1S/C19H22N2O5/c1-5-20-18(22)12-7-6-8-14(9-12)21-19(23)13-10-15(24-2)17(26-4)16(11-13)25-3/h6-11H,5H2,1-4H3,(H,20,22)(H,21,23). The average molecular weight is 358 g/mol. The average Bonchev–Trinajstić information content (AvgIpc) is 2.67. The number of carbonyl (C=O) groups excluding carboxylic acids is 2. The number of benzene rings is 2. The van der Waals surface area contributed by atoms with Gasteiger partial charge in [0.1, 0.15) is 0 Å². The Hall–Kier alpha value is -3.22. The third kappa shape index (κ3) is 4.24. The normalized spacial score (nSPS) is 10.0. The van der Waals surface area contributed by atoms with Crippen molar-refractivity contribution in [2.45, 2.75) is 6.92 Å². The fourth-order valence-corrected chi connectivity index (χ4v) is 2.42. The van der Waals surface area contributed by atoms with Crippen molar-refractivity contribution in [1.29, 1.82) is 0 Å². The van der Waals surface area contributed by atoms with E-state index in [0.717, 1.165) is 0 Å². The Kier molecular flexibility index (Phi) is 6.43. The highest BCUT2D eigenvalue weighted by Crippen LogP contribution is 2.38. The van der Waals surface area contributed by atoms with E-state index in [1.54, 1.807) is 36.4 Å². The number of carbonyl (C=O) groups is 2. The zero-order valence-corrected chi connectivity index (χ0v) is 15.2. The van der Waals surface area contributed by atoms with Crippen LogP contribution < -0.4 is 24.8 Å². The topological polar surface area (TPSA) is 85.9 Å². The molecule has 26 heavy (non-hydrogen) atoms. The lowest BCUT2D eigenvalue weighted by Crippen LogP contribution is -2.22. The molecule has 0 heterocycles. The van der Waals surface area contributed by atoms with Crippen LogP contribution in [0.5, 0.6) is 17.2 Å². The molecule has 7 heteroatoms. The summed E-state index contributed by atoms with van der Waals surface area (Å²) in [6.45, 7) is 2.37. The first-order valence-corrected chi connectivity index (χ1v) is 8.03. The van der Waals surface area contributed by atoms with Crippen LogP contribution in [-0.2, 0) is 0 Å². The molecular weight excluding hydrogens is 336 g/mol. The van der Waals surface area contributed by atoms with Gasteiger partial charge in [-0.2, -0.15) is 0 Å². The van der Waals surface area contributed by atoms with Crippen LogP contribution in [0.3, 0.4) is 0 Å². The highest BCUT2D eigenvalue weighted by molar-refractivity contribution is 6.06. The molecule has 138 valence electrons. The summed E-state index contributed by atoms with van der Waals surface area (Å²) >= 11 is 0. The lowest BCUT2D eigenvalue weighted by Gasteiger charge is -2.14. The first-order chi connectivity index (χ1) is 12.5. The predicted octanol–water partition coefficient (Wildman–Crippen LogP) is 2.71. The maximum atomic E-state index is 12.6. The van der Waals surface area contributed by atoms with Gasteiger partial charge in [0.25, 0.3) is 11.8 Å². The second kappa shape index (κ2) is 8.75. The Morgan fingerprint density at radius 3 is 2.08 bits per heavy atom. The van der Waals surface area contributed by atoms with Crippen LogP contribution in [0, 0.1) is 0 Å². The largest absolute Gasteiger partial charge is 0.493 e. The summed E-state index contributed by atoms with van der Waals surface area (Å²) in [4.78, 5) is 24.5. The second-order valence-corrected chi connectivity index (χ2v) is 5.31. The van der Waals surface area contributed by atoms with Crippen LogP contribution in [0.15, 0.2) is 36.4 Å². The fraction of sp³-hybridized carbons (Fsp3) is 0.263. The third-order valence-corrected chi connectivity index (χ3v) is 3.65. The number of amides is 2. The number of anilines is 1. The lowest BCUT2D eigenvalue weighted by atomic mass is 10.1. The van der Waals surface area contributed by atoms with Crippen LogP contribution in [0.1, 0.15) is 27.6 Å². The van der Waals surface area contributed by atoms with E-state index in [1.807, 2.05) is 6.92 Å². The smallest absolute Gasteiger partial charge is 0.255 e. The van der Waals surface area contributed by atoms with Crippen molar-refractivity contribution in [1.82, 2.24) is 5.32 Å². The summed E-state index contributed by atoms with van der Waals surface area (Å²) in [5.41, 5.74) is 1.31. The van der Waals surface area contributed by atoms with Crippen LogP contribution in [-0.4, -0.2) is 39.7 Å². The molecule has 0 saturated carbocycles. The van der Waals surface area contributed by atoms with Crippen LogP contribution in [0.25, 0.3) is 0 Å². The van der Waals surface area contributed by atoms with Crippen molar-refractivity contribution in [3.8, 4) is 17.2 Å². The summed E-state index contributed by atoms with van der Waals surface area (Å²) in [5.74, 6) is 0.611. The Labute approximate surface area is 152 Å². The monoisotopic (exact) mass is 358 g/mol. The minimum Gasteiger partial charge on any atom is -0.493 e. The Morgan fingerprint density at radius 2 is 1.54 bits per heavy atom. The van der Waals surface area contributed by atoms with Crippen molar-refractivity contribution in [2.24, 2.45) is 0 Å². The highest BCUT2D eigenvalue weighted by Gasteiger charge is 2.17. The van der Waals surface area contributed by atoms with Gasteiger partial charge in [-0.15, -0.1) is 0 Å². The number of nitrogens with one attached hydrogen (secondary N) is 2.